The second kappa shape index (κ2) is 6.95. The maximum atomic E-state index is 9.73. The Bertz CT molecular complexity index is 1010. The van der Waals surface area contributed by atoms with E-state index in [-0.39, 0.29) is 6.61 Å². The number of rotatable bonds is 4. The lowest BCUT2D eigenvalue weighted by atomic mass is 10.1. The smallest absolute Gasteiger partial charge is 0.178 e. The highest BCUT2D eigenvalue weighted by Crippen LogP contribution is 2.40. The van der Waals surface area contributed by atoms with E-state index in [2.05, 4.69) is 15.0 Å². The SMILES string of the molecule is Nc1ncnc2c1ncn2C1OC(CO)C2OC(/C=C\c3ccccc3)OC21. The molecule has 2 saturated heterocycles. The number of imidazole rings is 1. The van der Waals surface area contributed by atoms with Crippen molar-refractivity contribution in [2.24, 2.45) is 0 Å². The Morgan fingerprint density at radius 3 is 2.71 bits per heavy atom. The Balaban J connectivity index is 1.42. The molecule has 2 fully saturated rings. The zero-order valence-corrected chi connectivity index (χ0v) is 14.8. The molecule has 5 unspecified atom stereocenters. The Kier molecular flexibility index (Phi) is 4.29. The molecule has 2 aliphatic rings. The van der Waals surface area contributed by atoms with E-state index in [0.717, 1.165) is 5.56 Å². The van der Waals surface area contributed by atoms with E-state index in [4.69, 9.17) is 19.9 Å². The number of nitrogen functional groups attached to an aromatic ring is 1. The molecule has 2 aromatic heterocycles. The van der Waals surface area contributed by atoms with Crippen LogP contribution in [0.5, 0.6) is 0 Å². The first-order chi connectivity index (χ1) is 13.7. The summed E-state index contributed by atoms with van der Waals surface area (Å²) < 4.78 is 19.8. The van der Waals surface area contributed by atoms with E-state index >= 15 is 0 Å². The highest BCUT2D eigenvalue weighted by Gasteiger charge is 2.53. The van der Waals surface area contributed by atoms with Crippen molar-refractivity contribution >= 4 is 23.1 Å². The minimum atomic E-state index is -0.545. The summed E-state index contributed by atoms with van der Waals surface area (Å²) in [6.45, 7) is -0.181. The molecule has 0 bridgehead atoms. The predicted molar refractivity (Wildman–Crippen MR) is 99.7 cm³/mol. The third-order valence-corrected chi connectivity index (χ3v) is 4.95. The van der Waals surface area contributed by atoms with Crippen molar-refractivity contribution in [2.45, 2.75) is 30.8 Å². The summed E-state index contributed by atoms with van der Waals surface area (Å²) in [5.41, 5.74) is 7.96. The van der Waals surface area contributed by atoms with Crippen LogP contribution < -0.4 is 5.73 Å². The summed E-state index contributed by atoms with van der Waals surface area (Å²) in [6, 6.07) is 9.89. The lowest BCUT2D eigenvalue weighted by Crippen LogP contribution is -2.30. The normalized spacial score (nSPS) is 29.7. The molecule has 0 aliphatic carbocycles. The first-order valence-electron chi connectivity index (χ1n) is 8.98. The van der Waals surface area contributed by atoms with E-state index < -0.39 is 30.8 Å². The Labute approximate surface area is 160 Å². The van der Waals surface area contributed by atoms with E-state index in [9.17, 15) is 5.11 Å². The maximum absolute atomic E-state index is 9.73. The summed E-state index contributed by atoms with van der Waals surface area (Å²) in [6.07, 6.45) is 4.34. The molecule has 0 spiro atoms. The molecule has 3 aromatic rings. The summed E-state index contributed by atoms with van der Waals surface area (Å²) in [5.74, 6) is 0.296. The fourth-order valence-corrected chi connectivity index (χ4v) is 3.63. The van der Waals surface area contributed by atoms with Crippen molar-refractivity contribution in [3.05, 3.63) is 54.6 Å². The number of anilines is 1. The number of hydrogen-bond acceptors (Lipinski definition) is 8. The van der Waals surface area contributed by atoms with Gasteiger partial charge >= 0.3 is 0 Å². The van der Waals surface area contributed by atoms with Gasteiger partial charge in [0.1, 0.15) is 30.2 Å². The average molecular weight is 381 g/mol. The fraction of sp³-hybridized carbons (Fsp3) is 0.316. The van der Waals surface area contributed by atoms with Gasteiger partial charge in [0.15, 0.2) is 24.0 Å². The Morgan fingerprint density at radius 1 is 1.07 bits per heavy atom. The molecule has 3 N–H and O–H groups in total. The van der Waals surface area contributed by atoms with Crippen molar-refractivity contribution in [1.29, 1.82) is 0 Å². The molecule has 5 atom stereocenters. The van der Waals surface area contributed by atoms with Gasteiger partial charge in [-0.05, 0) is 11.6 Å². The van der Waals surface area contributed by atoms with Crippen LogP contribution in [0.15, 0.2) is 49.1 Å². The zero-order chi connectivity index (χ0) is 19.1. The van der Waals surface area contributed by atoms with E-state index in [1.54, 1.807) is 10.9 Å². The Hall–Kier alpha value is -2.85. The van der Waals surface area contributed by atoms with E-state index in [1.165, 1.54) is 6.33 Å². The molecule has 5 rings (SSSR count). The number of benzene rings is 1. The van der Waals surface area contributed by atoms with Crippen LogP contribution in [0.1, 0.15) is 11.8 Å². The van der Waals surface area contributed by atoms with Gasteiger partial charge in [-0.3, -0.25) is 4.57 Å². The van der Waals surface area contributed by atoms with Gasteiger partial charge in [0.05, 0.1) is 12.9 Å². The number of aliphatic hydroxyl groups excluding tert-OH is 1. The lowest BCUT2D eigenvalue weighted by Gasteiger charge is -2.19. The maximum Gasteiger partial charge on any atom is 0.178 e. The molecule has 0 radical (unpaired) electrons. The summed E-state index contributed by atoms with van der Waals surface area (Å²) in [5, 5.41) is 9.73. The number of hydrogen-bond donors (Lipinski definition) is 2. The second-order valence-corrected chi connectivity index (χ2v) is 6.67. The number of nitrogens with zero attached hydrogens (tertiary/aromatic N) is 4. The molecule has 2 aliphatic heterocycles. The van der Waals surface area contributed by atoms with Crippen LogP contribution in [-0.2, 0) is 14.2 Å². The number of ether oxygens (including phenoxy) is 3. The third-order valence-electron chi connectivity index (χ3n) is 4.95. The minimum Gasteiger partial charge on any atom is -0.394 e. The van der Waals surface area contributed by atoms with E-state index in [0.29, 0.717) is 17.0 Å². The molecule has 9 heteroatoms. The van der Waals surface area contributed by atoms with Crippen molar-refractivity contribution in [2.75, 3.05) is 12.3 Å². The number of nitrogens with two attached hydrogens (primary N) is 1. The van der Waals surface area contributed by atoms with Gasteiger partial charge in [0, 0.05) is 0 Å². The van der Waals surface area contributed by atoms with E-state index in [1.807, 2.05) is 42.5 Å². The number of aliphatic hydroxyl groups is 1. The zero-order valence-electron chi connectivity index (χ0n) is 14.8. The van der Waals surface area contributed by atoms with Crippen LogP contribution in [-0.4, -0.2) is 55.8 Å². The summed E-state index contributed by atoms with van der Waals surface area (Å²) in [4.78, 5) is 12.5. The molecule has 0 saturated carbocycles. The van der Waals surface area contributed by atoms with Gasteiger partial charge in [-0.25, -0.2) is 15.0 Å². The van der Waals surface area contributed by atoms with Gasteiger partial charge in [0.25, 0.3) is 0 Å². The van der Waals surface area contributed by atoms with Crippen LogP contribution in [0.4, 0.5) is 5.82 Å². The molecule has 0 amide bonds. The lowest BCUT2D eigenvalue weighted by molar-refractivity contribution is -0.133. The fourth-order valence-electron chi connectivity index (χ4n) is 3.63. The highest BCUT2D eigenvalue weighted by atomic mass is 16.8. The van der Waals surface area contributed by atoms with Crippen LogP contribution in [0, 0.1) is 0 Å². The molecule has 4 heterocycles. The van der Waals surface area contributed by atoms with Crippen molar-refractivity contribution < 1.29 is 19.3 Å². The summed E-state index contributed by atoms with van der Waals surface area (Å²) in [7, 11) is 0. The average Bonchev–Trinajstić information content (AvgIpc) is 3.41. The third kappa shape index (κ3) is 2.85. The molecule has 9 nitrogen and oxygen atoms in total. The Morgan fingerprint density at radius 2 is 1.89 bits per heavy atom. The molecular weight excluding hydrogens is 362 g/mol. The molecular formula is C19H19N5O4. The monoisotopic (exact) mass is 381 g/mol. The minimum absolute atomic E-state index is 0.181. The van der Waals surface area contributed by atoms with Crippen molar-refractivity contribution in [3.8, 4) is 0 Å². The van der Waals surface area contributed by atoms with Gasteiger partial charge in [-0.2, -0.15) is 0 Å². The van der Waals surface area contributed by atoms with Crippen molar-refractivity contribution in [1.82, 2.24) is 19.5 Å². The van der Waals surface area contributed by atoms with Crippen LogP contribution in [0.2, 0.25) is 0 Å². The first-order valence-corrected chi connectivity index (χ1v) is 8.98. The predicted octanol–water partition coefficient (Wildman–Crippen LogP) is 1.12. The van der Waals surface area contributed by atoms with Crippen LogP contribution in [0.3, 0.4) is 0 Å². The molecule has 28 heavy (non-hydrogen) atoms. The highest BCUT2D eigenvalue weighted by molar-refractivity contribution is 5.81. The first kappa shape index (κ1) is 17.3. The second-order valence-electron chi connectivity index (χ2n) is 6.67. The molecule has 144 valence electrons. The van der Waals surface area contributed by atoms with Gasteiger partial charge < -0.3 is 25.1 Å². The largest absolute Gasteiger partial charge is 0.394 e. The summed E-state index contributed by atoms with van der Waals surface area (Å²) >= 11 is 0. The topological polar surface area (TPSA) is 118 Å². The van der Waals surface area contributed by atoms with Crippen molar-refractivity contribution in [3.63, 3.8) is 0 Å². The number of fused-ring (bicyclic) bond motifs is 2. The van der Waals surface area contributed by atoms with Crippen LogP contribution >= 0.6 is 0 Å². The molecule has 1 aromatic carbocycles. The van der Waals surface area contributed by atoms with Gasteiger partial charge in [-0.1, -0.05) is 36.4 Å². The van der Waals surface area contributed by atoms with Gasteiger partial charge in [0.2, 0.25) is 0 Å². The van der Waals surface area contributed by atoms with Gasteiger partial charge in [-0.15, -0.1) is 0 Å². The number of aromatic nitrogens is 4. The van der Waals surface area contributed by atoms with Crippen LogP contribution in [0.25, 0.3) is 17.2 Å². The quantitative estimate of drug-likeness (QED) is 0.690. The standard InChI is InChI=1S/C19H19N5O4/c20-17-14-18(22-9-21-17)24(10-23-14)19-16-15(12(8-25)26-19)27-13(28-16)7-6-11-4-2-1-3-5-11/h1-7,9-10,12-13,15-16,19,25H,8H2,(H2,20,21,22)/b7-6-.